The summed E-state index contributed by atoms with van der Waals surface area (Å²) >= 11 is -2.09. The molecular formula is C6H14NO2S-. The average Bonchev–Trinajstić information content (AvgIpc) is 1.90. The lowest BCUT2D eigenvalue weighted by Crippen LogP contribution is -2.23. The maximum Gasteiger partial charge on any atom is 0.0181 e. The van der Waals surface area contributed by atoms with Gasteiger partial charge in [-0.2, -0.15) is 0 Å². The van der Waals surface area contributed by atoms with Crippen molar-refractivity contribution < 1.29 is 8.76 Å². The van der Waals surface area contributed by atoms with Gasteiger partial charge in [-0.25, -0.2) is 4.72 Å². The molecule has 0 bridgehead atoms. The summed E-state index contributed by atoms with van der Waals surface area (Å²) in [5, 5.41) is 0. The Balaban J connectivity index is 3.34. The molecule has 10 heavy (non-hydrogen) atoms. The molecule has 0 saturated carbocycles. The van der Waals surface area contributed by atoms with Gasteiger partial charge in [-0.05, 0) is 5.92 Å². The van der Waals surface area contributed by atoms with Gasteiger partial charge in [-0.1, -0.05) is 26.7 Å². The summed E-state index contributed by atoms with van der Waals surface area (Å²) in [7, 11) is 0. The van der Waals surface area contributed by atoms with Gasteiger partial charge in [0.25, 0.3) is 0 Å². The zero-order valence-electron chi connectivity index (χ0n) is 6.42. The van der Waals surface area contributed by atoms with Gasteiger partial charge in [0.05, 0.1) is 0 Å². The highest BCUT2D eigenvalue weighted by Gasteiger charge is 2.00. The van der Waals surface area contributed by atoms with Gasteiger partial charge in [-0.3, -0.25) is 4.21 Å². The molecule has 0 aromatic rings. The second-order valence-corrected chi connectivity index (χ2v) is 3.02. The van der Waals surface area contributed by atoms with Gasteiger partial charge >= 0.3 is 0 Å². The Bertz CT molecular complexity index is 104. The van der Waals surface area contributed by atoms with Crippen LogP contribution in [0.25, 0.3) is 0 Å². The summed E-state index contributed by atoms with van der Waals surface area (Å²) in [4.78, 5) is 0. The smallest absolute Gasteiger partial charge is 0.0181 e. The average molecular weight is 164 g/mol. The molecule has 0 aromatic carbocycles. The normalized spacial score (nSPS) is 14.0. The summed E-state index contributed by atoms with van der Waals surface area (Å²) in [6, 6.07) is 0. The van der Waals surface area contributed by atoms with Crippen molar-refractivity contribution in [3.8, 4) is 0 Å². The molecule has 0 spiro atoms. The molecule has 0 rings (SSSR count). The molecule has 1 unspecified atom stereocenters. The Labute approximate surface area is 64.6 Å². The van der Waals surface area contributed by atoms with Crippen molar-refractivity contribution in [3.05, 3.63) is 0 Å². The maximum atomic E-state index is 10.0. The molecule has 0 amide bonds. The van der Waals surface area contributed by atoms with Gasteiger partial charge in [0.1, 0.15) is 0 Å². The Hall–Kier alpha value is 0.0700. The number of hydrogen-bond donors (Lipinski definition) is 1. The molecule has 0 radical (unpaired) electrons. The molecule has 0 heterocycles. The predicted octanol–water partition coefficient (Wildman–Crippen LogP) is 0.806. The first-order chi connectivity index (χ1) is 4.70. The lowest BCUT2D eigenvalue weighted by Gasteiger charge is -2.13. The largest absolute Gasteiger partial charge is 0.760 e. The highest BCUT2D eigenvalue weighted by Crippen LogP contribution is 2.04. The Morgan fingerprint density at radius 3 is 2.30 bits per heavy atom. The maximum absolute atomic E-state index is 10.0. The van der Waals surface area contributed by atoms with Crippen LogP contribution >= 0.6 is 0 Å². The highest BCUT2D eigenvalue weighted by molar-refractivity contribution is 7.77. The van der Waals surface area contributed by atoms with Crippen LogP contribution in [0.15, 0.2) is 0 Å². The molecular weight excluding hydrogens is 150 g/mol. The number of rotatable bonds is 5. The van der Waals surface area contributed by atoms with Crippen LogP contribution in [0, 0.1) is 5.92 Å². The summed E-state index contributed by atoms with van der Waals surface area (Å²) in [6.07, 6.45) is 2.06. The van der Waals surface area contributed by atoms with Gasteiger partial charge in [0.2, 0.25) is 0 Å². The van der Waals surface area contributed by atoms with Crippen LogP contribution in [0.1, 0.15) is 26.7 Å². The van der Waals surface area contributed by atoms with Gasteiger partial charge in [0, 0.05) is 17.8 Å². The van der Waals surface area contributed by atoms with Gasteiger partial charge in [-0.15, -0.1) is 0 Å². The standard InChI is InChI=1S/C6H15NO2S/c1-3-6(4-2)5-7-10(8)9/h6-7H,3-5H2,1-2H3,(H,8,9)/p-1. The Kier molecular flexibility index (Phi) is 5.87. The molecule has 3 nitrogen and oxygen atoms in total. The fourth-order valence-electron chi connectivity index (χ4n) is 0.763. The van der Waals surface area contributed by atoms with E-state index in [1.165, 1.54) is 0 Å². The first-order valence-electron chi connectivity index (χ1n) is 3.53. The van der Waals surface area contributed by atoms with E-state index >= 15 is 0 Å². The first-order valence-corrected chi connectivity index (χ1v) is 4.60. The van der Waals surface area contributed by atoms with E-state index < -0.39 is 11.3 Å². The van der Waals surface area contributed by atoms with E-state index in [4.69, 9.17) is 0 Å². The third kappa shape index (κ3) is 4.90. The SMILES string of the molecule is CCC(CC)CNS(=O)[O-]. The second kappa shape index (κ2) is 5.82. The van der Waals surface area contributed by atoms with Crippen LogP contribution < -0.4 is 4.72 Å². The van der Waals surface area contributed by atoms with Crippen LogP contribution in [0.5, 0.6) is 0 Å². The van der Waals surface area contributed by atoms with E-state index in [9.17, 15) is 8.76 Å². The van der Waals surface area contributed by atoms with Crippen LogP contribution in [0.2, 0.25) is 0 Å². The van der Waals surface area contributed by atoms with E-state index in [-0.39, 0.29) is 0 Å². The van der Waals surface area contributed by atoms with Crippen molar-refractivity contribution in [1.29, 1.82) is 0 Å². The van der Waals surface area contributed by atoms with Crippen molar-refractivity contribution >= 4 is 11.3 Å². The van der Waals surface area contributed by atoms with E-state index in [1.54, 1.807) is 0 Å². The predicted molar refractivity (Wildman–Crippen MR) is 41.0 cm³/mol. The first kappa shape index (κ1) is 10.1. The molecule has 0 fully saturated rings. The zero-order valence-corrected chi connectivity index (χ0v) is 7.24. The van der Waals surface area contributed by atoms with Gasteiger partial charge in [0.15, 0.2) is 0 Å². The van der Waals surface area contributed by atoms with E-state index in [2.05, 4.69) is 18.6 Å². The topological polar surface area (TPSA) is 52.2 Å². The lowest BCUT2D eigenvalue weighted by molar-refractivity contribution is 0.466. The molecule has 1 N–H and O–H groups in total. The summed E-state index contributed by atoms with van der Waals surface area (Å²) in [6.45, 7) is 4.69. The van der Waals surface area contributed by atoms with E-state index in [0.717, 1.165) is 12.8 Å². The minimum atomic E-state index is -2.09. The van der Waals surface area contributed by atoms with Crippen molar-refractivity contribution in [2.75, 3.05) is 6.54 Å². The lowest BCUT2D eigenvalue weighted by atomic mass is 10.0. The molecule has 0 aromatic heterocycles. The zero-order chi connectivity index (χ0) is 7.98. The summed E-state index contributed by atoms with van der Waals surface area (Å²) in [5.74, 6) is 0.484. The Morgan fingerprint density at radius 2 is 2.00 bits per heavy atom. The quantitative estimate of drug-likeness (QED) is 0.611. The van der Waals surface area contributed by atoms with E-state index in [0.29, 0.717) is 12.5 Å². The monoisotopic (exact) mass is 164 g/mol. The van der Waals surface area contributed by atoms with Crippen molar-refractivity contribution in [3.63, 3.8) is 0 Å². The van der Waals surface area contributed by atoms with Crippen LogP contribution in [-0.2, 0) is 11.3 Å². The molecule has 0 saturated heterocycles. The van der Waals surface area contributed by atoms with Gasteiger partial charge < -0.3 is 4.55 Å². The van der Waals surface area contributed by atoms with Crippen LogP contribution in [0.4, 0.5) is 0 Å². The fourth-order valence-corrected chi connectivity index (χ4v) is 1.14. The molecule has 62 valence electrons. The number of nitrogens with one attached hydrogen (secondary N) is 1. The third-order valence-corrected chi connectivity index (χ3v) is 2.05. The summed E-state index contributed by atoms with van der Waals surface area (Å²) < 4.78 is 22.4. The van der Waals surface area contributed by atoms with Crippen molar-refractivity contribution in [2.45, 2.75) is 26.7 Å². The molecule has 0 aliphatic carbocycles. The second-order valence-electron chi connectivity index (χ2n) is 2.27. The molecule has 4 heteroatoms. The van der Waals surface area contributed by atoms with Crippen molar-refractivity contribution in [1.82, 2.24) is 4.72 Å². The fraction of sp³-hybridized carbons (Fsp3) is 1.00. The highest BCUT2D eigenvalue weighted by atomic mass is 32.2. The third-order valence-electron chi connectivity index (χ3n) is 1.64. The molecule has 0 aliphatic rings. The minimum absolute atomic E-state index is 0.484. The molecule has 1 atom stereocenters. The molecule has 0 aliphatic heterocycles. The number of hydrogen-bond acceptors (Lipinski definition) is 2. The minimum Gasteiger partial charge on any atom is -0.760 e. The summed E-state index contributed by atoms with van der Waals surface area (Å²) in [5.41, 5.74) is 0. The van der Waals surface area contributed by atoms with E-state index in [1.807, 2.05) is 0 Å². The Morgan fingerprint density at radius 1 is 1.50 bits per heavy atom. The van der Waals surface area contributed by atoms with Crippen LogP contribution in [0.3, 0.4) is 0 Å². The van der Waals surface area contributed by atoms with Crippen molar-refractivity contribution in [2.24, 2.45) is 5.92 Å². The van der Waals surface area contributed by atoms with Crippen LogP contribution in [-0.4, -0.2) is 15.3 Å².